The highest BCUT2D eigenvalue weighted by Crippen LogP contribution is 2.28. The maximum atomic E-state index is 12.8. The summed E-state index contributed by atoms with van der Waals surface area (Å²) in [5.74, 6) is 0.204. The maximum Gasteiger partial charge on any atom is 0.163 e. The fourth-order valence-corrected chi connectivity index (χ4v) is 2.69. The van der Waals surface area contributed by atoms with Crippen LogP contribution in [0.15, 0.2) is 34.5 Å². The zero-order valence-electron chi connectivity index (χ0n) is 15.6. The van der Waals surface area contributed by atoms with Gasteiger partial charge < -0.3 is 0 Å². The van der Waals surface area contributed by atoms with Crippen molar-refractivity contribution >= 4 is 12.5 Å². The van der Waals surface area contributed by atoms with E-state index in [2.05, 4.69) is 71.5 Å². The van der Waals surface area contributed by atoms with Gasteiger partial charge in [0.05, 0.1) is 0 Å². The third-order valence-electron chi connectivity index (χ3n) is 4.40. The number of Topliss-reactive ketones (excluding diaryl/α,β-unsaturated/α-hetero) is 1. The van der Waals surface area contributed by atoms with Crippen LogP contribution in [0.1, 0.15) is 82.3 Å². The molecule has 0 saturated heterocycles. The van der Waals surface area contributed by atoms with Gasteiger partial charge in [-0.1, -0.05) is 52.3 Å². The molecular weight excluding hydrogens is 282 g/mol. The first-order valence-corrected chi connectivity index (χ1v) is 8.56. The molecule has 0 aliphatic carbocycles. The van der Waals surface area contributed by atoms with Crippen LogP contribution >= 0.6 is 0 Å². The fourth-order valence-electron chi connectivity index (χ4n) is 2.69. The zero-order chi connectivity index (χ0) is 17.6. The number of ketones is 1. The molecular formula is C21H31NO. The van der Waals surface area contributed by atoms with Crippen molar-refractivity contribution in [1.82, 2.24) is 0 Å². The van der Waals surface area contributed by atoms with E-state index in [0.29, 0.717) is 12.8 Å². The van der Waals surface area contributed by atoms with Gasteiger partial charge >= 0.3 is 0 Å². The summed E-state index contributed by atoms with van der Waals surface area (Å²) in [7, 11) is 0. The number of nitrogens with zero attached hydrogens (tertiary/aromatic N) is 1. The topological polar surface area (TPSA) is 29.4 Å². The average molecular weight is 313 g/mol. The Balaban J connectivity index is 3.10. The van der Waals surface area contributed by atoms with E-state index in [0.717, 1.165) is 29.7 Å². The zero-order valence-corrected chi connectivity index (χ0v) is 15.6. The van der Waals surface area contributed by atoms with E-state index < -0.39 is 0 Å². The number of carbonyl (C=O) groups is 1. The maximum absolute atomic E-state index is 12.8. The lowest BCUT2D eigenvalue weighted by Gasteiger charge is -2.23. The summed E-state index contributed by atoms with van der Waals surface area (Å²) in [6.45, 7) is 16.4. The van der Waals surface area contributed by atoms with E-state index in [1.54, 1.807) is 0 Å². The third kappa shape index (κ3) is 5.16. The van der Waals surface area contributed by atoms with Crippen LogP contribution in [0.5, 0.6) is 0 Å². The van der Waals surface area contributed by atoms with E-state index in [4.69, 9.17) is 0 Å². The molecule has 0 spiro atoms. The fraction of sp³-hybridized carbons (Fsp3) is 0.524. The lowest BCUT2D eigenvalue weighted by molar-refractivity contribution is 0.0980. The smallest absolute Gasteiger partial charge is 0.163 e. The monoisotopic (exact) mass is 313 g/mol. The van der Waals surface area contributed by atoms with E-state index in [9.17, 15) is 4.79 Å². The second-order valence-corrected chi connectivity index (χ2v) is 7.15. The summed E-state index contributed by atoms with van der Waals surface area (Å²) >= 11 is 0. The number of hydrogen-bond acceptors (Lipinski definition) is 2. The Morgan fingerprint density at radius 2 is 1.83 bits per heavy atom. The average Bonchev–Trinajstić information content (AvgIpc) is 2.53. The molecule has 0 atom stereocenters. The van der Waals surface area contributed by atoms with Crippen LogP contribution < -0.4 is 0 Å². The second-order valence-electron chi connectivity index (χ2n) is 7.15. The van der Waals surface area contributed by atoms with Crippen molar-refractivity contribution in [2.45, 2.75) is 72.6 Å². The Morgan fingerprint density at radius 3 is 2.30 bits per heavy atom. The molecule has 0 radical (unpaired) electrons. The molecule has 1 aromatic carbocycles. The quantitative estimate of drug-likeness (QED) is 0.455. The Kier molecular flexibility index (Phi) is 6.93. The standard InChI is InChI=1S/C21H31NO/c1-8-15(3)19(22-7)12-13-20(23)17-14-16(9-2)10-11-18(17)21(4,5)6/h10-11,14H,7-9,12-13H2,1-6H3/b19-15+. The summed E-state index contributed by atoms with van der Waals surface area (Å²) < 4.78 is 0. The van der Waals surface area contributed by atoms with E-state index in [1.807, 2.05) is 0 Å². The van der Waals surface area contributed by atoms with E-state index in [-0.39, 0.29) is 11.2 Å². The normalized spacial score (nSPS) is 12.8. The van der Waals surface area contributed by atoms with Crippen LogP contribution in [0.3, 0.4) is 0 Å². The summed E-state index contributed by atoms with van der Waals surface area (Å²) in [5.41, 5.74) is 5.35. The van der Waals surface area contributed by atoms with Gasteiger partial charge in [-0.3, -0.25) is 9.79 Å². The minimum absolute atomic E-state index is 0.0358. The molecule has 0 saturated carbocycles. The predicted molar refractivity (Wildman–Crippen MR) is 101 cm³/mol. The van der Waals surface area contributed by atoms with Crippen molar-refractivity contribution in [2.24, 2.45) is 4.99 Å². The van der Waals surface area contributed by atoms with Crippen LogP contribution in [-0.4, -0.2) is 12.5 Å². The number of rotatable bonds is 7. The number of aryl methyl sites for hydroxylation is 1. The summed E-state index contributed by atoms with van der Waals surface area (Å²) in [5, 5.41) is 0. The molecule has 0 heterocycles. The van der Waals surface area contributed by atoms with Crippen LogP contribution in [0, 0.1) is 0 Å². The van der Waals surface area contributed by atoms with Crippen molar-refractivity contribution in [1.29, 1.82) is 0 Å². The molecule has 1 rings (SSSR count). The summed E-state index contributed by atoms with van der Waals surface area (Å²) in [6, 6.07) is 6.32. The van der Waals surface area contributed by atoms with Crippen molar-refractivity contribution in [3.8, 4) is 0 Å². The van der Waals surface area contributed by atoms with Gasteiger partial charge in [-0.15, -0.1) is 0 Å². The second kappa shape index (κ2) is 8.24. The molecule has 0 unspecified atom stereocenters. The molecule has 0 amide bonds. The third-order valence-corrected chi connectivity index (χ3v) is 4.40. The predicted octanol–water partition coefficient (Wildman–Crippen LogP) is 5.89. The Labute approximate surface area is 141 Å². The molecule has 1 aromatic rings. The first kappa shape index (κ1) is 19.3. The molecule has 0 aromatic heterocycles. The highest BCUT2D eigenvalue weighted by Gasteiger charge is 2.22. The molecule has 126 valence electrons. The van der Waals surface area contributed by atoms with Gasteiger partial charge in [0.15, 0.2) is 5.78 Å². The summed E-state index contributed by atoms with van der Waals surface area (Å²) in [6.07, 6.45) is 3.05. The minimum Gasteiger partial charge on any atom is -0.294 e. The highest BCUT2D eigenvalue weighted by atomic mass is 16.1. The largest absolute Gasteiger partial charge is 0.294 e. The van der Waals surface area contributed by atoms with Crippen molar-refractivity contribution in [3.05, 3.63) is 46.2 Å². The van der Waals surface area contributed by atoms with Crippen molar-refractivity contribution < 1.29 is 4.79 Å². The summed E-state index contributed by atoms with van der Waals surface area (Å²) in [4.78, 5) is 16.9. The molecule has 0 aliphatic rings. The number of allylic oxidation sites excluding steroid dienone is 2. The number of aliphatic imine (C=N–C) groups is 1. The Hall–Kier alpha value is -1.70. The number of carbonyl (C=O) groups excluding carboxylic acids is 1. The Bertz CT molecular complexity index is 603. The molecule has 0 fully saturated rings. The molecule has 2 nitrogen and oxygen atoms in total. The van der Waals surface area contributed by atoms with Gasteiger partial charge in [0.25, 0.3) is 0 Å². The molecule has 2 heteroatoms. The van der Waals surface area contributed by atoms with Gasteiger partial charge in [-0.05, 0) is 55.5 Å². The van der Waals surface area contributed by atoms with Crippen LogP contribution in [0.2, 0.25) is 0 Å². The van der Waals surface area contributed by atoms with E-state index >= 15 is 0 Å². The van der Waals surface area contributed by atoms with Gasteiger partial charge in [-0.2, -0.15) is 0 Å². The molecule has 0 bridgehead atoms. The highest BCUT2D eigenvalue weighted by molar-refractivity contribution is 5.98. The lowest BCUT2D eigenvalue weighted by Crippen LogP contribution is -2.17. The lowest BCUT2D eigenvalue weighted by atomic mass is 9.81. The van der Waals surface area contributed by atoms with Crippen molar-refractivity contribution in [3.63, 3.8) is 0 Å². The van der Waals surface area contributed by atoms with Gasteiger partial charge in [-0.25, -0.2) is 0 Å². The first-order chi connectivity index (χ1) is 10.7. The molecule has 0 N–H and O–H groups in total. The van der Waals surface area contributed by atoms with Gasteiger partial charge in [0.1, 0.15) is 0 Å². The number of benzene rings is 1. The molecule has 23 heavy (non-hydrogen) atoms. The van der Waals surface area contributed by atoms with Crippen LogP contribution in [0.25, 0.3) is 0 Å². The minimum atomic E-state index is -0.0358. The molecule has 0 aliphatic heterocycles. The van der Waals surface area contributed by atoms with Crippen LogP contribution in [-0.2, 0) is 11.8 Å². The van der Waals surface area contributed by atoms with Crippen molar-refractivity contribution in [2.75, 3.05) is 0 Å². The van der Waals surface area contributed by atoms with E-state index in [1.165, 1.54) is 11.1 Å². The van der Waals surface area contributed by atoms with Crippen LogP contribution in [0.4, 0.5) is 0 Å². The SMILES string of the molecule is C=N/C(CCC(=O)c1cc(CC)ccc1C(C)(C)C)=C(\C)CC. The van der Waals surface area contributed by atoms with Gasteiger partial charge in [0, 0.05) is 17.7 Å². The van der Waals surface area contributed by atoms with Gasteiger partial charge in [0.2, 0.25) is 0 Å². The Morgan fingerprint density at radius 1 is 1.17 bits per heavy atom. The first-order valence-electron chi connectivity index (χ1n) is 8.56. The number of hydrogen-bond donors (Lipinski definition) is 0.